The highest BCUT2D eigenvalue weighted by Gasteiger charge is 2.20. The predicted molar refractivity (Wildman–Crippen MR) is 85.8 cm³/mol. The van der Waals surface area contributed by atoms with Crippen LogP contribution in [0.15, 0.2) is 24.5 Å². The molecule has 0 spiro atoms. The number of aromatic amines is 1. The van der Waals surface area contributed by atoms with Crippen molar-refractivity contribution in [2.75, 3.05) is 26.2 Å². The average molecular weight is 314 g/mol. The van der Waals surface area contributed by atoms with Crippen LogP contribution in [0.3, 0.4) is 0 Å². The first kappa shape index (κ1) is 15.6. The highest BCUT2D eigenvalue weighted by atomic mass is 16.2. The third kappa shape index (κ3) is 3.92. The van der Waals surface area contributed by atoms with Crippen LogP contribution in [0.1, 0.15) is 35.4 Å². The van der Waals surface area contributed by atoms with Crippen LogP contribution in [0.25, 0.3) is 0 Å². The summed E-state index contributed by atoms with van der Waals surface area (Å²) in [5, 5.41) is 7.17. The number of hydrogen-bond acceptors (Lipinski definition) is 5. The van der Waals surface area contributed by atoms with Crippen LogP contribution >= 0.6 is 0 Å². The molecule has 3 rings (SSSR count). The summed E-state index contributed by atoms with van der Waals surface area (Å²) in [7, 11) is 0. The summed E-state index contributed by atoms with van der Waals surface area (Å²) in [5.74, 6) is 1.84. The van der Waals surface area contributed by atoms with E-state index in [1.54, 1.807) is 24.5 Å². The van der Waals surface area contributed by atoms with Crippen LogP contribution in [0.5, 0.6) is 0 Å². The zero-order valence-electron chi connectivity index (χ0n) is 13.4. The summed E-state index contributed by atoms with van der Waals surface area (Å²) in [5.41, 5.74) is 0.705. The minimum absolute atomic E-state index is 0.0854. The van der Waals surface area contributed by atoms with Crippen molar-refractivity contribution >= 4 is 5.91 Å². The molecule has 0 radical (unpaired) electrons. The molecule has 0 atom stereocenters. The minimum atomic E-state index is 0.0854. The van der Waals surface area contributed by atoms with Gasteiger partial charge in [0.25, 0.3) is 5.91 Å². The number of carbonyl (C=O) groups is 1. The van der Waals surface area contributed by atoms with Crippen molar-refractivity contribution in [2.24, 2.45) is 0 Å². The molecular formula is C16H22N6O. The Morgan fingerprint density at radius 3 is 2.78 bits per heavy atom. The number of carbonyl (C=O) groups excluding carboxylic acids is 1. The van der Waals surface area contributed by atoms with Gasteiger partial charge in [-0.3, -0.25) is 19.8 Å². The lowest BCUT2D eigenvalue weighted by Crippen LogP contribution is -2.35. The van der Waals surface area contributed by atoms with Crippen molar-refractivity contribution < 1.29 is 4.79 Å². The lowest BCUT2D eigenvalue weighted by Gasteiger charge is -2.21. The molecule has 1 fully saturated rings. The third-order valence-electron chi connectivity index (χ3n) is 4.07. The summed E-state index contributed by atoms with van der Waals surface area (Å²) in [6.07, 6.45) is 5.12. The quantitative estimate of drug-likeness (QED) is 0.914. The zero-order valence-corrected chi connectivity index (χ0v) is 13.4. The van der Waals surface area contributed by atoms with E-state index in [0.29, 0.717) is 5.56 Å². The van der Waals surface area contributed by atoms with Crippen molar-refractivity contribution in [1.82, 2.24) is 30.0 Å². The van der Waals surface area contributed by atoms with Gasteiger partial charge in [-0.1, -0.05) is 6.92 Å². The smallest absolute Gasteiger partial charge is 0.254 e. The Kier molecular flexibility index (Phi) is 4.97. The summed E-state index contributed by atoms with van der Waals surface area (Å²) in [4.78, 5) is 25.2. The molecule has 0 aliphatic carbocycles. The number of rotatable bonds is 4. The molecule has 7 nitrogen and oxygen atoms in total. The van der Waals surface area contributed by atoms with Gasteiger partial charge < -0.3 is 4.90 Å². The van der Waals surface area contributed by atoms with Crippen molar-refractivity contribution in [1.29, 1.82) is 0 Å². The van der Waals surface area contributed by atoms with Crippen molar-refractivity contribution in [3.63, 3.8) is 0 Å². The number of aryl methyl sites for hydroxylation is 1. The molecule has 0 saturated carbocycles. The normalized spacial score (nSPS) is 16.3. The second-order valence-corrected chi connectivity index (χ2v) is 5.71. The Morgan fingerprint density at radius 1 is 1.22 bits per heavy atom. The number of pyridine rings is 1. The standard InChI is InChI=1S/C16H22N6O/c1-2-14-18-15(20-19-14)12-21-8-3-9-22(11-10-21)16(23)13-4-6-17-7-5-13/h4-7H,2-3,8-12H2,1H3,(H,18,19,20). The predicted octanol–water partition coefficient (Wildman–Crippen LogP) is 1.11. The van der Waals surface area contributed by atoms with Gasteiger partial charge in [-0.2, -0.15) is 5.10 Å². The number of aromatic nitrogens is 4. The average Bonchev–Trinajstić information content (AvgIpc) is 2.92. The topological polar surface area (TPSA) is 78.0 Å². The first-order valence-electron chi connectivity index (χ1n) is 8.08. The Labute approximate surface area is 135 Å². The molecule has 7 heteroatoms. The molecule has 0 unspecified atom stereocenters. The number of nitrogens with zero attached hydrogens (tertiary/aromatic N) is 5. The fourth-order valence-corrected chi connectivity index (χ4v) is 2.78. The van der Waals surface area contributed by atoms with Gasteiger partial charge in [-0.05, 0) is 18.6 Å². The van der Waals surface area contributed by atoms with Gasteiger partial charge >= 0.3 is 0 Å². The molecule has 1 aliphatic heterocycles. The maximum atomic E-state index is 12.5. The minimum Gasteiger partial charge on any atom is -0.337 e. The second-order valence-electron chi connectivity index (χ2n) is 5.71. The molecule has 1 amide bonds. The molecule has 1 aliphatic rings. The maximum absolute atomic E-state index is 12.5. The second kappa shape index (κ2) is 7.32. The number of H-pyrrole nitrogens is 1. The Bertz CT molecular complexity index is 641. The third-order valence-corrected chi connectivity index (χ3v) is 4.07. The van der Waals surface area contributed by atoms with Crippen LogP contribution in [-0.4, -0.2) is 62.1 Å². The number of nitrogens with one attached hydrogen (secondary N) is 1. The zero-order chi connectivity index (χ0) is 16.1. The maximum Gasteiger partial charge on any atom is 0.254 e. The molecule has 2 aromatic rings. The Morgan fingerprint density at radius 2 is 2.04 bits per heavy atom. The molecule has 2 aromatic heterocycles. The van der Waals surface area contributed by atoms with E-state index >= 15 is 0 Å². The monoisotopic (exact) mass is 314 g/mol. The number of hydrogen-bond donors (Lipinski definition) is 1. The van der Waals surface area contributed by atoms with Gasteiger partial charge in [0, 0.05) is 50.6 Å². The van der Waals surface area contributed by atoms with Gasteiger partial charge in [-0.25, -0.2) is 4.98 Å². The SMILES string of the molecule is CCc1n[nH]c(CN2CCCN(C(=O)c3ccncc3)CC2)n1. The van der Waals surface area contributed by atoms with Gasteiger partial charge in [0.2, 0.25) is 0 Å². The lowest BCUT2D eigenvalue weighted by molar-refractivity contribution is 0.0761. The van der Waals surface area contributed by atoms with E-state index in [1.165, 1.54) is 0 Å². The highest BCUT2D eigenvalue weighted by molar-refractivity contribution is 5.94. The van der Waals surface area contributed by atoms with E-state index in [-0.39, 0.29) is 5.91 Å². The largest absolute Gasteiger partial charge is 0.337 e. The fourth-order valence-electron chi connectivity index (χ4n) is 2.78. The fraction of sp³-hybridized carbons (Fsp3) is 0.500. The van der Waals surface area contributed by atoms with Gasteiger partial charge in [0.1, 0.15) is 11.6 Å². The van der Waals surface area contributed by atoms with E-state index < -0.39 is 0 Å². The van der Waals surface area contributed by atoms with Gasteiger partial charge in [-0.15, -0.1) is 0 Å². The molecular weight excluding hydrogens is 292 g/mol. The number of amides is 1. The molecule has 1 N–H and O–H groups in total. The van der Waals surface area contributed by atoms with E-state index in [2.05, 4.69) is 25.1 Å². The Hall–Kier alpha value is -2.28. The first-order chi connectivity index (χ1) is 11.3. The lowest BCUT2D eigenvalue weighted by atomic mass is 10.2. The molecule has 23 heavy (non-hydrogen) atoms. The van der Waals surface area contributed by atoms with Gasteiger partial charge in [0.05, 0.1) is 6.54 Å². The van der Waals surface area contributed by atoms with Gasteiger partial charge in [0.15, 0.2) is 0 Å². The van der Waals surface area contributed by atoms with Crippen LogP contribution in [0, 0.1) is 0 Å². The van der Waals surface area contributed by atoms with E-state index in [1.807, 2.05) is 11.8 Å². The molecule has 0 aromatic carbocycles. The molecule has 3 heterocycles. The van der Waals surface area contributed by atoms with Crippen molar-refractivity contribution in [3.8, 4) is 0 Å². The molecule has 0 bridgehead atoms. The van der Waals surface area contributed by atoms with Crippen molar-refractivity contribution in [2.45, 2.75) is 26.3 Å². The summed E-state index contributed by atoms with van der Waals surface area (Å²) in [6, 6.07) is 3.54. The Balaban J connectivity index is 1.57. The highest BCUT2D eigenvalue weighted by Crippen LogP contribution is 2.10. The molecule has 122 valence electrons. The van der Waals surface area contributed by atoms with Crippen LogP contribution in [-0.2, 0) is 13.0 Å². The van der Waals surface area contributed by atoms with Crippen LogP contribution < -0.4 is 0 Å². The summed E-state index contributed by atoms with van der Waals surface area (Å²) >= 11 is 0. The van der Waals surface area contributed by atoms with E-state index in [9.17, 15) is 4.79 Å². The van der Waals surface area contributed by atoms with E-state index in [0.717, 1.165) is 57.2 Å². The summed E-state index contributed by atoms with van der Waals surface area (Å²) < 4.78 is 0. The van der Waals surface area contributed by atoms with Crippen LogP contribution in [0.4, 0.5) is 0 Å². The van der Waals surface area contributed by atoms with Crippen LogP contribution in [0.2, 0.25) is 0 Å². The summed E-state index contributed by atoms with van der Waals surface area (Å²) in [6.45, 7) is 6.12. The van der Waals surface area contributed by atoms with Crippen molar-refractivity contribution in [3.05, 3.63) is 41.7 Å². The van der Waals surface area contributed by atoms with E-state index in [4.69, 9.17) is 0 Å². The molecule has 1 saturated heterocycles. The first-order valence-corrected chi connectivity index (χ1v) is 8.08.